The second-order valence-electron chi connectivity index (χ2n) is 6.87. The highest BCUT2D eigenvalue weighted by Gasteiger charge is 2.31. The summed E-state index contributed by atoms with van der Waals surface area (Å²) in [6.45, 7) is 3.85. The SMILES string of the molecule is CC(C)(O)c1ccc(CNC(=O)CC2C(=O)Nc3ccccc32)cc1. The lowest BCUT2D eigenvalue weighted by molar-refractivity contribution is -0.125. The molecule has 2 aromatic rings. The van der Waals surface area contributed by atoms with Crippen molar-refractivity contribution in [1.29, 1.82) is 0 Å². The number of fused-ring (bicyclic) bond motifs is 1. The molecule has 1 atom stereocenters. The summed E-state index contributed by atoms with van der Waals surface area (Å²) in [5.41, 5.74) is 2.54. The first-order valence-corrected chi connectivity index (χ1v) is 8.33. The van der Waals surface area contributed by atoms with E-state index in [1.54, 1.807) is 13.8 Å². The van der Waals surface area contributed by atoms with Gasteiger partial charge in [0.05, 0.1) is 11.5 Å². The fourth-order valence-corrected chi connectivity index (χ4v) is 2.97. The van der Waals surface area contributed by atoms with Gasteiger partial charge in [-0.25, -0.2) is 0 Å². The molecule has 5 nitrogen and oxygen atoms in total. The van der Waals surface area contributed by atoms with Gasteiger partial charge in [0, 0.05) is 18.7 Å². The molecule has 5 heteroatoms. The lowest BCUT2D eigenvalue weighted by Gasteiger charge is -2.18. The van der Waals surface area contributed by atoms with E-state index in [0.29, 0.717) is 6.54 Å². The summed E-state index contributed by atoms with van der Waals surface area (Å²) in [5.74, 6) is -0.733. The second-order valence-corrected chi connectivity index (χ2v) is 6.87. The molecule has 3 N–H and O–H groups in total. The first-order chi connectivity index (χ1) is 11.8. The first kappa shape index (κ1) is 17.2. The Balaban J connectivity index is 1.58. The number of benzene rings is 2. The Bertz CT molecular complexity index is 791. The summed E-state index contributed by atoms with van der Waals surface area (Å²) in [4.78, 5) is 24.3. The molecule has 0 aromatic heterocycles. The lowest BCUT2D eigenvalue weighted by Crippen LogP contribution is -2.26. The molecule has 0 aliphatic carbocycles. The van der Waals surface area contributed by atoms with Crippen LogP contribution in [0.4, 0.5) is 5.69 Å². The van der Waals surface area contributed by atoms with E-state index in [4.69, 9.17) is 0 Å². The molecule has 0 radical (unpaired) electrons. The average Bonchev–Trinajstić information content (AvgIpc) is 2.88. The summed E-state index contributed by atoms with van der Waals surface area (Å²) in [6, 6.07) is 14.9. The van der Waals surface area contributed by atoms with E-state index >= 15 is 0 Å². The van der Waals surface area contributed by atoms with Crippen molar-refractivity contribution in [3.63, 3.8) is 0 Å². The third kappa shape index (κ3) is 3.88. The number of para-hydroxylation sites is 1. The maximum absolute atomic E-state index is 12.2. The van der Waals surface area contributed by atoms with Crippen LogP contribution in [0, 0.1) is 0 Å². The molecule has 2 amide bonds. The van der Waals surface area contributed by atoms with Crippen LogP contribution in [0.5, 0.6) is 0 Å². The first-order valence-electron chi connectivity index (χ1n) is 8.33. The number of nitrogens with one attached hydrogen (secondary N) is 2. The lowest BCUT2D eigenvalue weighted by atomic mass is 9.96. The predicted molar refractivity (Wildman–Crippen MR) is 96.0 cm³/mol. The molecule has 0 bridgehead atoms. The summed E-state index contributed by atoms with van der Waals surface area (Å²) in [5, 5.41) is 15.6. The van der Waals surface area contributed by atoms with Gasteiger partial charge in [-0.15, -0.1) is 0 Å². The fraction of sp³-hybridized carbons (Fsp3) is 0.300. The zero-order valence-corrected chi connectivity index (χ0v) is 14.4. The molecule has 3 rings (SSSR count). The van der Waals surface area contributed by atoms with Crippen LogP contribution in [0.2, 0.25) is 0 Å². The fourth-order valence-electron chi connectivity index (χ4n) is 2.97. The van der Waals surface area contributed by atoms with Crippen molar-refractivity contribution in [2.75, 3.05) is 5.32 Å². The van der Waals surface area contributed by atoms with Crippen molar-refractivity contribution in [1.82, 2.24) is 5.32 Å². The van der Waals surface area contributed by atoms with Gasteiger partial charge < -0.3 is 15.7 Å². The summed E-state index contributed by atoms with van der Waals surface area (Å²) >= 11 is 0. The molecular weight excluding hydrogens is 316 g/mol. The second kappa shape index (κ2) is 6.69. The Hall–Kier alpha value is -2.66. The average molecular weight is 338 g/mol. The van der Waals surface area contributed by atoms with E-state index in [2.05, 4.69) is 10.6 Å². The monoisotopic (exact) mass is 338 g/mol. The van der Waals surface area contributed by atoms with Crippen LogP contribution >= 0.6 is 0 Å². The van der Waals surface area contributed by atoms with Crippen LogP contribution in [0.3, 0.4) is 0 Å². The van der Waals surface area contributed by atoms with E-state index in [9.17, 15) is 14.7 Å². The van der Waals surface area contributed by atoms with Crippen LogP contribution in [0.15, 0.2) is 48.5 Å². The highest BCUT2D eigenvalue weighted by molar-refractivity contribution is 6.04. The molecule has 0 saturated heterocycles. The number of rotatable bonds is 5. The number of carbonyl (C=O) groups is 2. The van der Waals surface area contributed by atoms with E-state index in [-0.39, 0.29) is 18.2 Å². The molecule has 1 unspecified atom stereocenters. The number of aliphatic hydroxyl groups is 1. The van der Waals surface area contributed by atoms with Crippen molar-refractivity contribution >= 4 is 17.5 Å². The highest BCUT2D eigenvalue weighted by atomic mass is 16.3. The highest BCUT2D eigenvalue weighted by Crippen LogP contribution is 2.34. The molecule has 1 aliphatic rings. The smallest absolute Gasteiger partial charge is 0.232 e. The van der Waals surface area contributed by atoms with Gasteiger partial charge in [-0.1, -0.05) is 42.5 Å². The van der Waals surface area contributed by atoms with E-state index in [1.807, 2.05) is 48.5 Å². The van der Waals surface area contributed by atoms with Crippen molar-refractivity contribution < 1.29 is 14.7 Å². The van der Waals surface area contributed by atoms with Crippen LogP contribution in [0.1, 0.15) is 42.9 Å². The van der Waals surface area contributed by atoms with Gasteiger partial charge in [-0.3, -0.25) is 9.59 Å². The number of anilines is 1. The molecule has 25 heavy (non-hydrogen) atoms. The Kier molecular flexibility index (Phi) is 4.59. The Morgan fingerprint density at radius 1 is 1.16 bits per heavy atom. The third-order valence-corrected chi connectivity index (χ3v) is 4.45. The summed E-state index contributed by atoms with van der Waals surface area (Å²) in [7, 11) is 0. The van der Waals surface area contributed by atoms with Gasteiger partial charge in [-0.2, -0.15) is 0 Å². The molecular formula is C20H22N2O3. The minimum Gasteiger partial charge on any atom is -0.386 e. The predicted octanol–water partition coefficient (Wildman–Crippen LogP) is 2.66. The number of hydrogen-bond donors (Lipinski definition) is 3. The zero-order chi connectivity index (χ0) is 18.0. The minimum atomic E-state index is -0.884. The van der Waals surface area contributed by atoms with Crippen molar-refractivity contribution in [2.45, 2.75) is 38.3 Å². The van der Waals surface area contributed by atoms with Crippen LogP contribution in [0.25, 0.3) is 0 Å². The number of hydrogen-bond acceptors (Lipinski definition) is 3. The van der Waals surface area contributed by atoms with Gasteiger partial charge in [-0.05, 0) is 36.6 Å². The molecule has 130 valence electrons. The Morgan fingerprint density at radius 2 is 1.84 bits per heavy atom. The number of carbonyl (C=O) groups excluding carboxylic acids is 2. The summed E-state index contributed by atoms with van der Waals surface area (Å²) < 4.78 is 0. The van der Waals surface area contributed by atoms with Gasteiger partial charge in [0.1, 0.15) is 0 Å². The molecule has 0 fully saturated rings. The third-order valence-electron chi connectivity index (χ3n) is 4.45. The molecule has 2 aromatic carbocycles. The normalized spacial score (nSPS) is 16.3. The van der Waals surface area contributed by atoms with Gasteiger partial charge in [0.2, 0.25) is 11.8 Å². The topological polar surface area (TPSA) is 78.4 Å². The summed E-state index contributed by atoms with van der Waals surface area (Å²) in [6.07, 6.45) is 0.130. The molecule has 0 saturated carbocycles. The van der Waals surface area contributed by atoms with Crippen LogP contribution in [-0.2, 0) is 21.7 Å². The quantitative estimate of drug-likeness (QED) is 0.784. The van der Waals surface area contributed by atoms with E-state index < -0.39 is 11.5 Å². The van der Waals surface area contributed by atoms with Crippen molar-refractivity contribution in [3.8, 4) is 0 Å². The molecule has 1 heterocycles. The molecule has 1 aliphatic heterocycles. The van der Waals surface area contributed by atoms with Gasteiger partial charge in [0.25, 0.3) is 0 Å². The molecule has 0 spiro atoms. The maximum Gasteiger partial charge on any atom is 0.232 e. The minimum absolute atomic E-state index is 0.130. The van der Waals surface area contributed by atoms with Crippen molar-refractivity contribution in [2.24, 2.45) is 0 Å². The van der Waals surface area contributed by atoms with Crippen LogP contribution < -0.4 is 10.6 Å². The Morgan fingerprint density at radius 3 is 2.52 bits per heavy atom. The Labute approximate surface area is 147 Å². The largest absolute Gasteiger partial charge is 0.386 e. The maximum atomic E-state index is 12.2. The van der Waals surface area contributed by atoms with Gasteiger partial charge in [0.15, 0.2) is 0 Å². The van der Waals surface area contributed by atoms with Crippen molar-refractivity contribution in [3.05, 3.63) is 65.2 Å². The number of amides is 2. The van der Waals surface area contributed by atoms with Crippen LogP contribution in [-0.4, -0.2) is 16.9 Å². The van der Waals surface area contributed by atoms with E-state index in [1.165, 1.54) is 0 Å². The zero-order valence-electron chi connectivity index (χ0n) is 14.4. The standard InChI is InChI=1S/C20H22N2O3/c1-20(2,25)14-9-7-13(8-10-14)12-21-18(23)11-16-15-5-3-4-6-17(15)22-19(16)24/h3-10,16,25H,11-12H2,1-2H3,(H,21,23)(H,22,24). The van der Waals surface area contributed by atoms with E-state index in [0.717, 1.165) is 22.4 Å². The van der Waals surface area contributed by atoms with Gasteiger partial charge >= 0.3 is 0 Å².